The van der Waals surface area contributed by atoms with Crippen molar-refractivity contribution in [1.29, 1.82) is 0 Å². The topological polar surface area (TPSA) is 63.4 Å². The molecule has 0 bridgehead atoms. The van der Waals surface area contributed by atoms with E-state index in [1.165, 1.54) is 0 Å². The molecule has 0 aromatic heterocycles. The molecule has 0 saturated carbocycles. The minimum atomic E-state index is -0.964. The third-order valence-electron chi connectivity index (χ3n) is 2.44. The van der Waals surface area contributed by atoms with Crippen molar-refractivity contribution in [1.82, 2.24) is 0 Å². The Kier molecular flexibility index (Phi) is 5.06. The summed E-state index contributed by atoms with van der Waals surface area (Å²) in [6.45, 7) is 3.17. The van der Waals surface area contributed by atoms with Crippen molar-refractivity contribution in [2.24, 2.45) is 5.92 Å². The molecule has 1 radical (unpaired) electrons. The molecule has 5 heteroatoms. The third-order valence-corrected chi connectivity index (χ3v) is 2.44. The molecule has 0 unspecified atom stereocenters. The Morgan fingerprint density at radius 2 is 2.08 bits per heavy atom. The van der Waals surface area contributed by atoms with Gasteiger partial charge >= 0.3 is 0 Å². The standard InChI is InChI=1S/C8H13NO3.Ac/c1-8(2,9(11)12)6-3-4-7(10)5-6;/h3-4,6-7,10H,5H2,1-2H3;/t6-,7+;/m1./s1. The van der Waals surface area contributed by atoms with E-state index in [1.807, 2.05) is 0 Å². The quantitative estimate of drug-likeness (QED) is 0.429. The Morgan fingerprint density at radius 1 is 1.54 bits per heavy atom. The predicted molar refractivity (Wildman–Crippen MR) is 44.3 cm³/mol. The van der Waals surface area contributed by atoms with Crippen LogP contribution >= 0.6 is 0 Å². The first-order valence-electron chi connectivity index (χ1n) is 3.95. The van der Waals surface area contributed by atoms with Crippen LogP contribution in [-0.4, -0.2) is 21.7 Å². The van der Waals surface area contributed by atoms with Crippen LogP contribution in [0.4, 0.5) is 0 Å². The van der Waals surface area contributed by atoms with E-state index in [-0.39, 0.29) is 54.9 Å². The maximum absolute atomic E-state index is 10.6. The van der Waals surface area contributed by atoms with Crippen LogP contribution in [0.3, 0.4) is 0 Å². The van der Waals surface area contributed by atoms with Crippen LogP contribution in [0.1, 0.15) is 20.3 Å². The van der Waals surface area contributed by atoms with Gasteiger partial charge in [-0.1, -0.05) is 12.2 Å². The second-order valence-electron chi connectivity index (χ2n) is 3.71. The second kappa shape index (κ2) is 4.86. The number of hydrogen-bond acceptors (Lipinski definition) is 3. The van der Waals surface area contributed by atoms with Crippen LogP contribution in [0.5, 0.6) is 0 Å². The van der Waals surface area contributed by atoms with Gasteiger partial charge < -0.3 is 5.11 Å². The average Bonchev–Trinajstić information content (AvgIpc) is 2.35. The van der Waals surface area contributed by atoms with Crippen LogP contribution in [0.15, 0.2) is 12.2 Å². The fraction of sp³-hybridized carbons (Fsp3) is 0.750. The summed E-state index contributed by atoms with van der Waals surface area (Å²) < 4.78 is 0. The van der Waals surface area contributed by atoms with E-state index in [0.717, 1.165) is 0 Å². The van der Waals surface area contributed by atoms with E-state index in [0.29, 0.717) is 6.42 Å². The molecule has 0 spiro atoms. The molecular weight excluding hydrogens is 385 g/mol. The van der Waals surface area contributed by atoms with E-state index >= 15 is 0 Å². The summed E-state index contributed by atoms with van der Waals surface area (Å²) in [5.74, 6) is -0.150. The van der Waals surface area contributed by atoms with Gasteiger partial charge in [0.15, 0.2) is 0 Å². The van der Waals surface area contributed by atoms with Gasteiger partial charge in [0.25, 0.3) is 0 Å². The zero-order valence-corrected chi connectivity index (χ0v) is 12.6. The van der Waals surface area contributed by atoms with Crippen LogP contribution in [0.25, 0.3) is 0 Å². The maximum atomic E-state index is 10.6. The Morgan fingerprint density at radius 3 is 2.38 bits per heavy atom. The molecular formula is C8H13AcNO3. The first kappa shape index (κ1) is 13.5. The Balaban J connectivity index is 0.00000144. The molecule has 1 aliphatic rings. The van der Waals surface area contributed by atoms with E-state index in [1.54, 1.807) is 26.0 Å². The molecule has 0 aromatic rings. The first-order chi connectivity index (χ1) is 5.44. The molecule has 0 heterocycles. The van der Waals surface area contributed by atoms with Crippen molar-refractivity contribution in [3.8, 4) is 0 Å². The van der Waals surface area contributed by atoms with Gasteiger partial charge in [0.05, 0.1) is 6.10 Å². The minimum absolute atomic E-state index is 0. The fourth-order valence-corrected chi connectivity index (χ4v) is 1.34. The molecule has 1 rings (SSSR count). The molecule has 0 amide bonds. The van der Waals surface area contributed by atoms with Gasteiger partial charge in [0, 0.05) is 68.8 Å². The van der Waals surface area contributed by atoms with Crippen LogP contribution in [0.2, 0.25) is 0 Å². The van der Waals surface area contributed by atoms with E-state index in [4.69, 9.17) is 5.11 Å². The number of hydrogen-bond donors (Lipinski definition) is 1. The summed E-state index contributed by atoms with van der Waals surface area (Å²) in [5.41, 5.74) is -0.964. The summed E-state index contributed by atoms with van der Waals surface area (Å²) >= 11 is 0. The van der Waals surface area contributed by atoms with Gasteiger partial charge in [-0.3, -0.25) is 10.1 Å². The predicted octanol–water partition coefficient (Wildman–Crippen LogP) is 0.979. The van der Waals surface area contributed by atoms with E-state index in [2.05, 4.69) is 0 Å². The summed E-state index contributed by atoms with van der Waals surface area (Å²) in [6.07, 6.45) is 3.31. The van der Waals surface area contributed by atoms with Crippen molar-refractivity contribution in [3.05, 3.63) is 22.3 Å². The number of nitrogens with zero attached hydrogens (tertiary/aromatic N) is 1. The number of nitro groups is 1. The van der Waals surface area contributed by atoms with Crippen LogP contribution in [0, 0.1) is 60.1 Å². The first-order valence-corrected chi connectivity index (χ1v) is 3.95. The van der Waals surface area contributed by atoms with E-state index in [9.17, 15) is 10.1 Å². The molecule has 13 heavy (non-hydrogen) atoms. The van der Waals surface area contributed by atoms with Crippen molar-refractivity contribution in [2.75, 3.05) is 0 Å². The van der Waals surface area contributed by atoms with Crippen molar-refractivity contribution in [3.63, 3.8) is 0 Å². The molecule has 2 atom stereocenters. The van der Waals surface area contributed by atoms with Gasteiger partial charge in [-0.15, -0.1) is 0 Å². The van der Waals surface area contributed by atoms with Gasteiger partial charge in [0.2, 0.25) is 5.54 Å². The monoisotopic (exact) mass is 398 g/mol. The number of aliphatic hydroxyl groups excluding tert-OH is 1. The molecule has 1 aliphatic carbocycles. The van der Waals surface area contributed by atoms with E-state index < -0.39 is 11.6 Å². The smallest absolute Gasteiger partial charge is 0.223 e. The van der Waals surface area contributed by atoms with Gasteiger partial charge in [0.1, 0.15) is 0 Å². The molecule has 0 saturated heterocycles. The summed E-state index contributed by atoms with van der Waals surface area (Å²) in [4.78, 5) is 10.3. The minimum Gasteiger partial charge on any atom is -0.389 e. The van der Waals surface area contributed by atoms with Crippen molar-refractivity contribution < 1.29 is 54.1 Å². The van der Waals surface area contributed by atoms with Crippen molar-refractivity contribution in [2.45, 2.75) is 31.9 Å². The Labute approximate surface area is 113 Å². The fourth-order valence-electron chi connectivity index (χ4n) is 1.34. The molecule has 1 N–H and O–H groups in total. The molecule has 4 nitrogen and oxygen atoms in total. The number of aliphatic hydroxyl groups is 1. The molecule has 71 valence electrons. The van der Waals surface area contributed by atoms with Crippen LogP contribution in [-0.2, 0) is 0 Å². The Bertz CT molecular complexity index is 227. The molecule has 0 aromatic carbocycles. The normalized spacial score (nSPS) is 27.0. The third kappa shape index (κ3) is 3.00. The average molecular weight is 398 g/mol. The molecule has 0 fully saturated rings. The van der Waals surface area contributed by atoms with Gasteiger partial charge in [-0.25, -0.2) is 0 Å². The number of rotatable bonds is 2. The van der Waals surface area contributed by atoms with Gasteiger partial charge in [-0.05, 0) is 6.42 Å². The molecule has 0 aliphatic heterocycles. The Hall–Kier alpha value is 0.542. The summed E-state index contributed by atoms with van der Waals surface area (Å²) in [5, 5.41) is 19.7. The zero-order chi connectivity index (χ0) is 9.35. The van der Waals surface area contributed by atoms with Gasteiger partial charge in [-0.2, -0.15) is 0 Å². The largest absolute Gasteiger partial charge is 0.389 e. The zero-order valence-electron chi connectivity index (χ0n) is 7.80. The van der Waals surface area contributed by atoms with Crippen LogP contribution < -0.4 is 0 Å². The second-order valence-corrected chi connectivity index (χ2v) is 3.71. The van der Waals surface area contributed by atoms with Crippen molar-refractivity contribution >= 4 is 0 Å². The summed E-state index contributed by atoms with van der Waals surface area (Å²) in [7, 11) is 0. The summed E-state index contributed by atoms with van der Waals surface area (Å²) in [6, 6.07) is 0. The SMILES string of the molecule is CC(C)([C@@H]1C=C[C@H](O)C1)[N+](=O)[O-].[Ac]. The maximum Gasteiger partial charge on any atom is 0.223 e.